The fraction of sp³-hybridized carbons (Fsp3) is 0.375. The fourth-order valence-corrected chi connectivity index (χ4v) is 2.25. The van der Waals surface area contributed by atoms with Crippen LogP contribution in [-0.2, 0) is 13.6 Å². The highest BCUT2D eigenvalue weighted by atomic mass is 15.3. The van der Waals surface area contributed by atoms with Gasteiger partial charge in [0.2, 0.25) is 0 Å². The number of aromatic nitrogens is 2. The first-order chi connectivity index (χ1) is 9.51. The molecule has 0 saturated carbocycles. The molecular formula is C16H20N4. The van der Waals surface area contributed by atoms with Crippen LogP contribution in [0.5, 0.6) is 0 Å². The highest BCUT2D eigenvalue weighted by Gasteiger charge is 2.11. The Bertz CT molecular complexity index is 647. The maximum Gasteiger partial charge on any atom is 0.0992 e. The Morgan fingerprint density at radius 3 is 2.80 bits per heavy atom. The second-order valence-corrected chi connectivity index (χ2v) is 5.36. The van der Waals surface area contributed by atoms with Crippen LogP contribution < -0.4 is 5.32 Å². The summed E-state index contributed by atoms with van der Waals surface area (Å²) in [4.78, 5) is 0. The number of hydrogen-bond acceptors (Lipinski definition) is 3. The lowest BCUT2D eigenvalue weighted by Gasteiger charge is -2.11. The molecule has 4 nitrogen and oxygen atoms in total. The number of nitriles is 1. The molecule has 1 aromatic heterocycles. The van der Waals surface area contributed by atoms with E-state index in [0.29, 0.717) is 11.5 Å². The van der Waals surface area contributed by atoms with Gasteiger partial charge < -0.3 is 5.32 Å². The van der Waals surface area contributed by atoms with Crippen molar-refractivity contribution >= 4 is 5.69 Å². The third-order valence-electron chi connectivity index (χ3n) is 3.32. The highest BCUT2D eigenvalue weighted by molar-refractivity contribution is 5.55. The molecule has 2 aromatic rings. The van der Waals surface area contributed by atoms with Gasteiger partial charge in [-0.15, -0.1) is 0 Å². The minimum Gasteiger partial charge on any atom is -0.381 e. The molecule has 0 atom stereocenters. The maximum atomic E-state index is 8.97. The number of nitrogens with one attached hydrogen (secondary N) is 1. The average Bonchev–Trinajstić information content (AvgIpc) is 2.79. The van der Waals surface area contributed by atoms with Gasteiger partial charge in [0.05, 0.1) is 17.3 Å². The quantitative estimate of drug-likeness (QED) is 0.925. The summed E-state index contributed by atoms with van der Waals surface area (Å²) in [5.74, 6) is 0.402. The molecule has 104 valence electrons. The van der Waals surface area contributed by atoms with Gasteiger partial charge in [0, 0.05) is 31.0 Å². The molecule has 0 unspecified atom stereocenters. The summed E-state index contributed by atoms with van der Waals surface area (Å²) < 4.78 is 1.85. The molecular weight excluding hydrogens is 248 g/mol. The lowest BCUT2D eigenvalue weighted by Crippen LogP contribution is -2.04. The number of aryl methyl sites for hydroxylation is 2. The molecule has 0 amide bonds. The summed E-state index contributed by atoms with van der Waals surface area (Å²) in [6.45, 7) is 7.05. The molecule has 1 aromatic carbocycles. The zero-order valence-corrected chi connectivity index (χ0v) is 12.4. The Labute approximate surface area is 120 Å². The topological polar surface area (TPSA) is 53.6 Å². The lowest BCUT2D eigenvalue weighted by atomic mass is 10.1. The summed E-state index contributed by atoms with van der Waals surface area (Å²) in [5.41, 5.74) is 5.13. The van der Waals surface area contributed by atoms with E-state index in [1.54, 1.807) is 0 Å². The molecule has 2 rings (SSSR count). The van der Waals surface area contributed by atoms with E-state index in [1.165, 1.54) is 5.56 Å². The minimum absolute atomic E-state index is 0.402. The van der Waals surface area contributed by atoms with E-state index < -0.39 is 0 Å². The second-order valence-electron chi connectivity index (χ2n) is 5.36. The molecule has 0 fully saturated rings. The first-order valence-electron chi connectivity index (χ1n) is 6.78. The molecule has 0 bridgehead atoms. The van der Waals surface area contributed by atoms with Gasteiger partial charge in [-0.1, -0.05) is 19.9 Å². The van der Waals surface area contributed by atoms with Crippen LogP contribution >= 0.6 is 0 Å². The predicted octanol–water partition coefficient (Wildman–Crippen LogP) is 3.34. The highest BCUT2D eigenvalue weighted by Crippen LogP contribution is 2.21. The van der Waals surface area contributed by atoms with Crippen LogP contribution in [0.3, 0.4) is 0 Å². The van der Waals surface area contributed by atoms with Crippen molar-refractivity contribution in [3.63, 3.8) is 0 Å². The molecule has 0 aliphatic rings. The van der Waals surface area contributed by atoms with Crippen molar-refractivity contribution < 1.29 is 0 Å². The monoisotopic (exact) mass is 268 g/mol. The molecule has 0 aliphatic carbocycles. The van der Waals surface area contributed by atoms with Crippen LogP contribution in [0.2, 0.25) is 0 Å². The second kappa shape index (κ2) is 5.79. The van der Waals surface area contributed by atoms with Crippen LogP contribution in [-0.4, -0.2) is 9.78 Å². The van der Waals surface area contributed by atoms with Crippen molar-refractivity contribution in [1.82, 2.24) is 9.78 Å². The predicted molar refractivity (Wildman–Crippen MR) is 80.5 cm³/mol. The Morgan fingerprint density at radius 2 is 2.15 bits per heavy atom. The minimum atomic E-state index is 0.402. The van der Waals surface area contributed by atoms with E-state index in [-0.39, 0.29) is 0 Å². The zero-order chi connectivity index (χ0) is 14.7. The normalized spacial score (nSPS) is 10.6. The third-order valence-corrected chi connectivity index (χ3v) is 3.32. The molecule has 0 radical (unpaired) electrons. The molecule has 1 heterocycles. The van der Waals surface area contributed by atoms with Crippen molar-refractivity contribution in [3.8, 4) is 6.07 Å². The number of nitrogens with zero attached hydrogens (tertiary/aromatic N) is 3. The van der Waals surface area contributed by atoms with E-state index in [4.69, 9.17) is 5.26 Å². The summed E-state index contributed by atoms with van der Waals surface area (Å²) in [7, 11) is 1.94. The van der Waals surface area contributed by atoms with Gasteiger partial charge in [-0.05, 0) is 30.5 Å². The first kappa shape index (κ1) is 14.1. The van der Waals surface area contributed by atoms with Gasteiger partial charge in [-0.25, -0.2) is 0 Å². The van der Waals surface area contributed by atoms with Crippen LogP contribution in [0.15, 0.2) is 24.4 Å². The summed E-state index contributed by atoms with van der Waals surface area (Å²) in [5, 5.41) is 16.9. The largest absolute Gasteiger partial charge is 0.381 e. The van der Waals surface area contributed by atoms with E-state index in [2.05, 4.69) is 30.3 Å². The number of benzene rings is 1. The van der Waals surface area contributed by atoms with Gasteiger partial charge in [0.15, 0.2) is 0 Å². The molecule has 0 saturated heterocycles. The molecule has 0 spiro atoms. The SMILES string of the molecule is Cc1ccc(C#N)cc1NCc1cn(C)nc1C(C)C. The van der Waals surface area contributed by atoms with Gasteiger partial charge in [-0.2, -0.15) is 10.4 Å². The van der Waals surface area contributed by atoms with Crippen molar-refractivity contribution in [3.05, 3.63) is 46.8 Å². The lowest BCUT2D eigenvalue weighted by molar-refractivity contribution is 0.712. The van der Waals surface area contributed by atoms with Gasteiger partial charge in [0.1, 0.15) is 0 Å². The Kier molecular flexibility index (Phi) is 4.09. The smallest absolute Gasteiger partial charge is 0.0992 e. The Balaban J connectivity index is 2.19. The van der Waals surface area contributed by atoms with E-state index in [0.717, 1.165) is 23.5 Å². The van der Waals surface area contributed by atoms with Crippen molar-refractivity contribution in [2.45, 2.75) is 33.2 Å². The third kappa shape index (κ3) is 3.00. The summed E-state index contributed by atoms with van der Waals surface area (Å²) >= 11 is 0. The number of anilines is 1. The van der Waals surface area contributed by atoms with Crippen LogP contribution in [0.4, 0.5) is 5.69 Å². The van der Waals surface area contributed by atoms with Crippen molar-refractivity contribution in [2.24, 2.45) is 7.05 Å². The summed E-state index contributed by atoms with van der Waals surface area (Å²) in [6, 6.07) is 7.86. The molecule has 20 heavy (non-hydrogen) atoms. The van der Waals surface area contributed by atoms with E-state index in [1.807, 2.05) is 43.0 Å². The standard InChI is InChI=1S/C16H20N4/c1-11(2)16-14(10-20(4)19-16)9-18-15-7-13(8-17)6-5-12(15)3/h5-7,10-11,18H,9H2,1-4H3. The first-order valence-corrected chi connectivity index (χ1v) is 6.78. The van der Waals surface area contributed by atoms with Gasteiger partial charge >= 0.3 is 0 Å². The molecule has 1 N–H and O–H groups in total. The van der Waals surface area contributed by atoms with Crippen LogP contribution in [0, 0.1) is 18.3 Å². The fourth-order valence-electron chi connectivity index (χ4n) is 2.25. The van der Waals surface area contributed by atoms with Gasteiger partial charge in [0.25, 0.3) is 0 Å². The molecule has 4 heteroatoms. The van der Waals surface area contributed by atoms with Crippen molar-refractivity contribution in [1.29, 1.82) is 5.26 Å². The van der Waals surface area contributed by atoms with Gasteiger partial charge in [-0.3, -0.25) is 4.68 Å². The number of hydrogen-bond donors (Lipinski definition) is 1. The molecule has 0 aliphatic heterocycles. The number of rotatable bonds is 4. The van der Waals surface area contributed by atoms with Crippen LogP contribution in [0.25, 0.3) is 0 Å². The Morgan fingerprint density at radius 1 is 1.40 bits per heavy atom. The Hall–Kier alpha value is -2.28. The van der Waals surface area contributed by atoms with E-state index in [9.17, 15) is 0 Å². The maximum absolute atomic E-state index is 8.97. The average molecular weight is 268 g/mol. The van der Waals surface area contributed by atoms with Crippen molar-refractivity contribution in [2.75, 3.05) is 5.32 Å². The zero-order valence-electron chi connectivity index (χ0n) is 12.4. The summed E-state index contributed by atoms with van der Waals surface area (Å²) in [6.07, 6.45) is 2.05. The van der Waals surface area contributed by atoms with E-state index >= 15 is 0 Å². The van der Waals surface area contributed by atoms with Crippen LogP contribution in [0.1, 0.15) is 42.1 Å².